The minimum Gasteiger partial charge on any atom is -0.344 e. The maximum atomic E-state index is 8.45. The van der Waals surface area contributed by atoms with Crippen molar-refractivity contribution in [3.8, 4) is 0 Å². The molecule has 0 aliphatic heterocycles. The molecule has 1 radical (unpaired) electrons. The fourth-order valence-electron chi connectivity index (χ4n) is 0.241. The Morgan fingerprint density at radius 3 is 2.25 bits per heavy atom. The first-order chi connectivity index (χ1) is 3.56. The maximum Gasteiger partial charge on any atom is 0.275 e. The molecule has 0 aromatic carbocycles. The Hall–Kier alpha value is -0.120. The van der Waals surface area contributed by atoms with Gasteiger partial charge < -0.3 is 14.9 Å². The lowest BCUT2D eigenvalue weighted by atomic mass is 10.5. The molecule has 0 atom stereocenters. The predicted molar refractivity (Wildman–Crippen MR) is 28.5 cm³/mol. The number of rotatable bonds is 3. The van der Waals surface area contributed by atoms with Gasteiger partial charge in [0.2, 0.25) is 0 Å². The molecule has 0 heterocycles. The van der Waals surface area contributed by atoms with Gasteiger partial charge in [0.1, 0.15) is 0 Å². The molecule has 0 aromatic heterocycles. The van der Waals surface area contributed by atoms with Crippen LogP contribution in [0.3, 0.4) is 0 Å². The highest BCUT2D eigenvalue weighted by Crippen LogP contribution is 2.02. The lowest BCUT2D eigenvalue weighted by Crippen LogP contribution is -2.25. The van der Waals surface area contributed by atoms with E-state index in [4.69, 9.17) is 10.2 Å². The summed E-state index contributed by atoms with van der Waals surface area (Å²) in [5.41, 5.74) is 0. The van der Waals surface area contributed by atoms with Crippen LogP contribution in [0.1, 0.15) is 20.3 Å². The average Bonchev–Trinajstić information content (AvgIpc) is 1.59. The van der Waals surface area contributed by atoms with Crippen molar-refractivity contribution < 1.29 is 14.9 Å². The smallest absolute Gasteiger partial charge is 0.275 e. The zero-order valence-corrected chi connectivity index (χ0v) is 5.09. The molecule has 2 N–H and O–H groups in total. The molecular formula is C5H11O3. The van der Waals surface area contributed by atoms with Crippen LogP contribution >= 0.6 is 0 Å². The number of hydrogen-bond donors (Lipinski definition) is 2. The van der Waals surface area contributed by atoms with E-state index < -0.39 is 5.97 Å². The van der Waals surface area contributed by atoms with Gasteiger partial charge >= 0.3 is 0 Å². The van der Waals surface area contributed by atoms with Gasteiger partial charge in [-0.3, -0.25) is 0 Å². The highest BCUT2D eigenvalue weighted by Gasteiger charge is 2.13. The monoisotopic (exact) mass is 119 g/mol. The zero-order chi connectivity index (χ0) is 6.62. The highest BCUT2D eigenvalue weighted by atomic mass is 16.8. The van der Waals surface area contributed by atoms with E-state index in [-0.39, 0.29) is 0 Å². The molecule has 0 aliphatic carbocycles. The summed E-state index contributed by atoms with van der Waals surface area (Å²) in [4.78, 5) is 0. The van der Waals surface area contributed by atoms with Crippen LogP contribution in [0.25, 0.3) is 0 Å². The average molecular weight is 119 g/mol. The number of aliphatic hydroxyl groups is 2. The Balaban J connectivity index is 3.11. The summed E-state index contributed by atoms with van der Waals surface area (Å²) in [7, 11) is 0. The fraction of sp³-hybridized carbons (Fsp3) is 0.800. The van der Waals surface area contributed by atoms with Gasteiger partial charge in [-0.15, -0.1) is 0 Å². The summed E-state index contributed by atoms with van der Waals surface area (Å²) in [6.45, 7) is 4.32. The van der Waals surface area contributed by atoms with Gasteiger partial charge in [-0.1, -0.05) is 6.92 Å². The largest absolute Gasteiger partial charge is 0.344 e. The molecular weight excluding hydrogens is 108 g/mol. The van der Waals surface area contributed by atoms with E-state index in [1.165, 1.54) is 6.61 Å². The Bertz CT molecular complexity index is 55.2. The van der Waals surface area contributed by atoms with E-state index in [1.807, 2.05) is 6.92 Å². The van der Waals surface area contributed by atoms with Crippen LogP contribution in [0.5, 0.6) is 0 Å². The van der Waals surface area contributed by atoms with Gasteiger partial charge in [-0.05, 0) is 6.42 Å². The summed E-state index contributed by atoms with van der Waals surface area (Å²) in [6.07, 6.45) is 0.663. The van der Waals surface area contributed by atoms with Crippen molar-refractivity contribution >= 4 is 0 Å². The van der Waals surface area contributed by atoms with E-state index in [2.05, 4.69) is 4.74 Å². The Morgan fingerprint density at radius 2 is 2.12 bits per heavy atom. The summed E-state index contributed by atoms with van der Waals surface area (Å²) < 4.78 is 4.36. The topological polar surface area (TPSA) is 49.7 Å². The Kier molecular flexibility index (Phi) is 2.97. The molecule has 8 heavy (non-hydrogen) atoms. The number of hydrogen-bond acceptors (Lipinski definition) is 3. The zero-order valence-electron chi connectivity index (χ0n) is 5.09. The van der Waals surface area contributed by atoms with E-state index >= 15 is 0 Å². The molecule has 0 spiro atoms. The van der Waals surface area contributed by atoms with Crippen LogP contribution in [-0.2, 0) is 4.74 Å². The second-order valence-electron chi connectivity index (χ2n) is 1.63. The summed E-state index contributed by atoms with van der Waals surface area (Å²) >= 11 is 0. The van der Waals surface area contributed by atoms with Crippen molar-refractivity contribution in [2.45, 2.75) is 26.2 Å². The van der Waals surface area contributed by atoms with Gasteiger partial charge in [0, 0.05) is 6.92 Å². The summed E-state index contributed by atoms with van der Waals surface area (Å²) in [5, 5.41) is 16.9. The predicted octanol–water partition coefficient (Wildman–Crippen LogP) is 0.233. The minimum absolute atomic E-state index is 0.663. The van der Waals surface area contributed by atoms with Gasteiger partial charge in [-0.2, -0.15) is 0 Å². The molecule has 3 nitrogen and oxygen atoms in total. The molecule has 0 amide bonds. The molecule has 49 valence electrons. The first-order valence-corrected chi connectivity index (χ1v) is 2.50. The van der Waals surface area contributed by atoms with Crippen LogP contribution in [0.15, 0.2) is 0 Å². The molecule has 3 heteroatoms. The van der Waals surface area contributed by atoms with E-state index in [1.54, 1.807) is 0 Å². The molecule has 0 aromatic rings. The fourth-order valence-corrected chi connectivity index (χ4v) is 0.241. The minimum atomic E-state index is -2.00. The summed E-state index contributed by atoms with van der Waals surface area (Å²) in [6, 6.07) is 0. The van der Waals surface area contributed by atoms with Crippen LogP contribution in [0.4, 0.5) is 0 Å². The van der Waals surface area contributed by atoms with E-state index in [0.717, 1.165) is 6.92 Å². The van der Waals surface area contributed by atoms with Gasteiger partial charge in [-0.25, -0.2) is 0 Å². The lowest BCUT2D eigenvalue weighted by molar-refractivity contribution is -0.310. The molecule has 0 rings (SSSR count). The molecule has 0 unspecified atom stereocenters. The Morgan fingerprint density at radius 1 is 1.62 bits per heavy atom. The standard InChI is InChI=1S/C5H11O3/c1-3-4-8-5(2,6)7/h4,6-7H,3H2,1-2H3. The third-order valence-electron chi connectivity index (χ3n) is 0.473. The second kappa shape index (κ2) is 3.02. The molecule has 0 saturated carbocycles. The van der Waals surface area contributed by atoms with Crippen LogP contribution < -0.4 is 0 Å². The maximum absolute atomic E-state index is 8.45. The number of ether oxygens (including phenoxy) is 1. The first-order valence-electron chi connectivity index (χ1n) is 2.50. The highest BCUT2D eigenvalue weighted by molar-refractivity contribution is 4.47. The lowest BCUT2D eigenvalue weighted by Gasteiger charge is -2.14. The summed E-state index contributed by atoms with van der Waals surface area (Å²) in [5.74, 6) is -2.00. The normalized spacial score (nSPS) is 12.0. The first kappa shape index (κ1) is 7.88. The van der Waals surface area contributed by atoms with Crippen molar-refractivity contribution in [2.24, 2.45) is 0 Å². The van der Waals surface area contributed by atoms with Crippen LogP contribution in [0, 0.1) is 6.61 Å². The van der Waals surface area contributed by atoms with Crippen LogP contribution in [0.2, 0.25) is 0 Å². The van der Waals surface area contributed by atoms with Crippen molar-refractivity contribution in [1.82, 2.24) is 0 Å². The van der Waals surface area contributed by atoms with E-state index in [9.17, 15) is 0 Å². The van der Waals surface area contributed by atoms with Gasteiger partial charge in [0.25, 0.3) is 5.97 Å². The quantitative estimate of drug-likeness (QED) is 0.523. The van der Waals surface area contributed by atoms with Crippen molar-refractivity contribution in [3.05, 3.63) is 6.61 Å². The molecule has 0 bridgehead atoms. The third-order valence-corrected chi connectivity index (χ3v) is 0.473. The molecule has 0 aliphatic rings. The SMILES string of the molecule is CC[CH]OC(C)(O)O. The van der Waals surface area contributed by atoms with Crippen molar-refractivity contribution in [2.75, 3.05) is 0 Å². The van der Waals surface area contributed by atoms with Gasteiger partial charge in [0.05, 0.1) is 6.61 Å². The molecule has 0 saturated heterocycles. The third kappa shape index (κ3) is 5.88. The van der Waals surface area contributed by atoms with Crippen LogP contribution in [-0.4, -0.2) is 16.2 Å². The second-order valence-corrected chi connectivity index (χ2v) is 1.63. The molecule has 0 fully saturated rings. The van der Waals surface area contributed by atoms with Crippen molar-refractivity contribution in [3.63, 3.8) is 0 Å². The van der Waals surface area contributed by atoms with Gasteiger partial charge in [0.15, 0.2) is 0 Å². The Labute approximate surface area is 48.9 Å². The van der Waals surface area contributed by atoms with E-state index in [0.29, 0.717) is 6.42 Å². The van der Waals surface area contributed by atoms with Crippen molar-refractivity contribution in [1.29, 1.82) is 0 Å².